The van der Waals surface area contributed by atoms with Crippen molar-refractivity contribution in [1.82, 2.24) is 4.31 Å². The molecule has 1 fully saturated rings. The van der Waals surface area contributed by atoms with E-state index in [1.165, 1.54) is 25.2 Å². The molecular weight excluding hydrogens is 341 g/mol. The molecule has 0 bridgehead atoms. The van der Waals surface area contributed by atoms with Crippen LogP contribution in [0.2, 0.25) is 10.0 Å². The zero-order valence-electron chi connectivity index (χ0n) is 11.0. The van der Waals surface area contributed by atoms with Crippen LogP contribution in [-0.4, -0.2) is 50.1 Å². The van der Waals surface area contributed by atoms with Crippen LogP contribution >= 0.6 is 23.2 Å². The summed E-state index contributed by atoms with van der Waals surface area (Å²) in [6, 6.07) is 3.18. The summed E-state index contributed by atoms with van der Waals surface area (Å²) in [5, 5.41) is 9.49. The zero-order chi connectivity index (χ0) is 15.8. The van der Waals surface area contributed by atoms with E-state index in [9.17, 15) is 13.2 Å². The molecule has 0 spiro atoms. The third-order valence-electron chi connectivity index (χ3n) is 3.35. The molecule has 9 heteroatoms. The normalized spacial score (nSPS) is 22.7. The lowest BCUT2D eigenvalue weighted by Crippen LogP contribution is -2.44. The van der Waals surface area contributed by atoms with Gasteiger partial charge in [0.05, 0.1) is 30.1 Å². The van der Waals surface area contributed by atoms with Gasteiger partial charge in [-0.05, 0) is 18.2 Å². The highest BCUT2D eigenvalue weighted by Crippen LogP contribution is 2.28. The van der Waals surface area contributed by atoms with Gasteiger partial charge in [-0.2, -0.15) is 4.31 Å². The molecule has 0 aliphatic carbocycles. The van der Waals surface area contributed by atoms with Crippen molar-refractivity contribution in [3.8, 4) is 0 Å². The van der Waals surface area contributed by atoms with Crippen molar-refractivity contribution in [3.63, 3.8) is 0 Å². The lowest BCUT2D eigenvalue weighted by Gasteiger charge is -2.25. The number of aliphatic carboxylic acids is 1. The van der Waals surface area contributed by atoms with E-state index in [0.717, 1.165) is 4.31 Å². The van der Waals surface area contributed by atoms with E-state index < -0.39 is 28.0 Å². The van der Waals surface area contributed by atoms with Crippen molar-refractivity contribution in [2.45, 2.75) is 10.9 Å². The molecule has 1 aromatic rings. The van der Waals surface area contributed by atoms with Crippen LogP contribution in [0.25, 0.3) is 0 Å². The van der Waals surface area contributed by atoms with Crippen LogP contribution < -0.4 is 0 Å². The van der Waals surface area contributed by atoms with E-state index in [-0.39, 0.29) is 28.2 Å². The fourth-order valence-corrected chi connectivity index (χ4v) is 4.26. The highest BCUT2D eigenvalue weighted by molar-refractivity contribution is 7.89. The Morgan fingerprint density at radius 3 is 2.38 bits per heavy atom. The SMILES string of the molecule is CN(C1COCC1C(=O)O)S(=O)(=O)c1cc(Cl)cc(Cl)c1. The molecule has 2 atom stereocenters. The van der Waals surface area contributed by atoms with E-state index in [0.29, 0.717) is 0 Å². The topological polar surface area (TPSA) is 83.9 Å². The largest absolute Gasteiger partial charge is 0.481 e. The quantitative estimate of drug-likeness (QED) is 0.890. The molecule has 1 heterocycles. The number of benzene rings is 1. The molecule has 21 heavy (non-hydrogen) atoms. The van der Waals surface area contributed by atoms with Crippen molar-refractivity contribution in [2.24, 2.45) is 5.92 Å². The lowest BCUT2D eigenvalue weighted by atomic mass is 10.1. The number of carboxylic acids is 1. The number of likely N-dealkylation sites (N-methyl/N-ethyl adjacent to an activating group) is 1. The molecule has 0 aromatic heterocycles. The maximum atomic E-state index is 12.6. The third-order valence-corrected chi connectivity index (χ3v) is 5.64. The number of sulfonamides is 1. The number of hydrogen-bond donors (Lipinski definition) is 1. The Hall–Kier alpha value is -0.860. The average Bonchev–Trinajstić information content (AvgIpc) is 2.85. The Balaban J connectivity index is 2.36. The van der Waals surface area contributed by atoms with Crippen LogP contribution in [0.15, 0.2) is 23.1 Å². The standard InChI is InChI=1S/C12H13Cl2NO5S/c1-15(11-6-20-5-10(11)12(16)17)21(18,19)9-3-7(13)2-8(14)4-9/h2-4,10-11H,5-6H2,1H3,(H,16,17). The highest BCUT2D eigenvalue weighted by atomic mass is 35.5. The Bertz CT molecular complexity index is 643. The van der Waals surface area contributed by atoms with Gasteiger partial charge in [0.25, 0.3) is 0 Å². The molecule has 1 aliphatic rings. The molecule has 0 saturated carbocycles. The highest BCUT2D eigenvalue weighted by Gasteiger charge is 2.41. The van der Waals surface area contributed by atoms with Gasteiger partial charge in [-0.3, -0.25) is 4.79 Å². The molecule has 0 amide bonds. The van der Waals surface area contributed by atoms with E-state index in [2.05, 4.69) is 0 Å². The minimum Gasteiger partial charge on any atom is -0.481 e. The molecule has 1 aliphatic heterocycles. The summed E-state index contributed by atoms with van der Waals surface area (Å²) in [6.45, 7) is 0.0111. The molecule has 6 nitrogen and oxygen atoms in total. The number of hydrogen-bond acceptors (Lipinski definition) is 4. The molecule has 0 radical (unpaired) electrons. The molecule has 116 valence electrons. The number of rotatable bonds is 4. The fourth-order valence-electron chi connectivity index (χ4n) is 2.16. The first kappa shape index (κ1) is 16.5. The number of halogens is 2. The zero-order valence-corrected chi connectivity index (χ0v) is 13.3. The molecule has 1 aromatic carbocycles. The molecular formula is C12H13Cl2NO5S. The number of ether oxygens (including phenoxy) is 1. The van der Waals surface area contributed by atoms with Crippen molar-refractivity contribution in [3.05, 3.63) is 28.2 Å². The van der Waals surface area contributed by atoms with E-state index >= 15 is 0 Å². The molecule has 2 unspecified atom stereocenters. The molecule has 2 rings (SSSR count). The van der Waals surface area contributed by atoms with Gasteiger partial charge in [-0.1, -0.05) is 23.2 Å². The Kier molecular flexibility index (Phi) is 4.79. The smallest absolute Gasteiger partial charge is 0.310 e. The number of carboxylic acid groups (broad SMARTS) is 1. The Morgan fingerprint density at radius 1 is 1.29 bits per heavy atom. The van der Waals surface area contributed by atoms with Crippen LogP contribution in [0, 0.1) is 5.92 Å². The van der Waals surface area contributed by atoms with Gasteiger partial charge < -0.3 is 9.84 Å². The lowest BCUT2D eigenvalue weighted by molar-refractivity contribution is -0.142. The first-order chi connectivity index (χ1) is 9.73. The minimum atomic E-state index is -3.91. The fraction of sp³-hybridized carbons (Fsp3) is 0.417. The van der Waals surface area contributed by atoms with E-state index in [4.69, 9.17) is 33.0 Å². The maximum Gasteiger partial charge on any atom is 0.310 e. The van der Waals surface area contributed by atoms with Crippen LogP contribution in [0.5, 0.6) is 0 Å². The Morgan fingerprint density at radius 2 is 1.86 bits per heavy atom. The summed E-state index contributed by atoms with van der Waals surface area (Å²) >= 11 is 11.6. The van der Waals surface area contributed by atoms with Gasteiger partial charge in [0.1, 0.15) is 0 Å². The molecule has 1 N–H and O–H groups in total. The minimum absolute atomic E-state index is 0.0177. The summed E-state index contributed by atoms with van der Waals surface area (Å²) in [7, 11) is -2.59. The van der Waals surface area contributed by atoms with Crippen LogP contribution in [0.3, 0.4) is 0 Å². The predicted octanol–water partition coefficient (Wildman–Crippen LogP) is 1.71. The maximum absolute atomic E-state index is 12.6. The molecule has 1 saturated heterocycles. The van der Waals surface area contributed by atoms with E-state index in [1.54, 1.807) is 0 Å². The number of carbonyl (C=O) groups is 1. The third kappa shape index (κ3) is 3.32. The monoisotopic (exact) mass is 353 g/mol. The first-order valence-corrected chi connectivity index (χ1v) is 8.18. The van der Waals surface area contributed by atoms with E-state index in [1.807, 2.05) is 0 Å². The summed E-state index contributed by atoms with van der Waals surface area (Å²) in [6.07, 6.45) is 0. The van der Waals surface area contributed by atoms with Gasteiger partial charge in [0, 0.05) is 17.1 Å². The average molecular weight is 354 g/mol. The summed E-state index contributed by atoms with van der Waals surface area (Å²) in [4.78, 5) is 11.1. The summed E-state index contributed by atoms with van der Waals surface area (Å²) in [5.74, 6) is -2.00. The van der Waals surface area contributed by atoms with Gasteiger partial charge in [0.15, 0.2) is 0 Å². The summed E-state index contributed by atoms with van der Waals surface area (Å²) in [5.41, 5.74) is 0. The van der Waals surface area contributed by atoms with Crippen molar-refractivity contribution in [2.75, 3.05) is 20.3 Å². The van der Waals surface area contributed by atoms with Crippen molar-refractivity contribution in [1.29, 1.82) is 0 Å². The van der Waals surface area contributed by atoms with Gasteiger partial charge in [-0.15, -0.1) is 0 Å². The van der Waals surface area contributed by atoms with Crippen molar-refractivity contribution < 1.29 is 23.1 Å². The van der Waals surface area contributed by atoms with Gasteiger partial charge in [-0.25, -0.2) is 8.42 Å². The van der Waals surface area contributed by atoms with Gasteiger partial charge in [0.2, 0.25) is 10.0 Å². The predicted molar refractivity (Wildman–Crippen MR) is 77.1 cm³/mol. The Labute approximate surface area is 132 Å². The second-order valence-corrected chi connectivity index (χ2v) is 7.55. The van der Waals surface area contributed by atoms with Crippen molar-refractivity contribution >= 4 is 39.2 Å². The summed E-state index contributed by atoms with van der Waals surface area (Å²) < 4.78 is 31.2. The first-order valence-electron chi connectivity index (χ1n) is 5.98. The second-order valence-electron chi connectivity index (χ2n) is 4.68. The second kappa shape index (κ2) is 6.10. The van der Waals surface area contributed by atoms with Crippen LogP contribution in [-0.2, 0) is 19.6 Å². The van der Waals surface area contributed by atoms with Crippen LogP contribution in [0.1, 0.15) is 0 Å². The number of nitrogens with zero attached hydrogens (tertiary/aromatic N) is 1. The van der Waals surface area contributed by atoms with Gasteiger partial charge >= 0.3 is 5.97 Å². The van der Waals surface area contributed by atoms with Crippen LogP contribution in [0.4, 0.5) is 0 Å².